The number of esters is 1. The molecule has 0 saturated heterocycles. The number of rotatable bonds is 3. The van der Waals surface area contributed by atoms with Gasteiger partial charge in [0, 0.05) is 4.90 Å². The average molecular weight is 264 g/mol. The van der Waals surface area contributed by atoms with Gasteiger partial charge in [0.15, 0.2) is 0 Å². The zero-order valence-electron chi connectivity index (χ0n) is 9.30. The molecule has 0 aliphatic carbocycles. The Balaban J connectivity index is 3.09. The Bertz CT molecular complexity index is 416. The van der Waals surface area contributed by atoms with E-state index in [0.29, 0.717) is 4.90 Å². The second-order valence-corrected chi connectivity index (χ2v) is 4.17. The first kappa shape index (κ1) is 13.9. The number of hydrogen-bond donors (Lipinski definition) is 0. The molecule has 1 aromatic rings. The van der Waals surface area contributed by atoms with Gasteiger partial charge in [0.25, 0.3) is 0 Å². The topological polar surface area (TPSA) is 26.3 Å². The van der Waals surface area contributed by atoms with Crippen LogP contribution < -0.4 is 0 Å². The molecule has 0 fully saturated rings. The smallest absolute Gasteiger partial charge is 0.393 e. The predicted octanol–water partition coefficient (Wildman–Crippen LogP) is 3.30. The largest absolute Gasteiger partial charge is 0.465 e. The summed E-state index contributed by atoms with van der Waals surface area (Å²) < 4.78 is 41.2. The molecule has 0 saturated carbocycles. The molecule has 94 valence electrons. The number of hydrogen-bond acceptors (Lipinski definition) is 3. The van der Waals surface area contributed by atoms with E-state index < -0.39 is 18.6 Å². The van der Waals surface area contributed by atoms with E-state index in [-0.39, 0.29) is 11.1 Å². The van der Waals surface area contributed by atoms with Gasteiger partial charge in [-0.3, -0.25) is 0 Å². The molecule has 17 heavy (non-hydrogen) atoms. The number of methoxy groups -OCH3 is 1. The lowest BCUT2D eigenvalue weighted by molar-refractivity contribution is -0.127. The Hall–Kier alpha value is -1.17. The van der Waals surface area contributed by atoms with Gasteiger partial charge in [-0.15, -0.1) is 11.8 Å². The zero-order chi connectivity index (χ0) is 13.1. The van der Waals surface area contributed by atoms with Gasteiger partial charge in [-0.25, -0.2) is 4.79 Å². The molecular weight excluding hydrogens is 253 g/mol. The summed E-state index contributed by atoms with van der Waals surface area (Å²) in [5.41, 5.74) is 0.220. The highest BCUT2D eigenvalue weighted by molar-refractivity contribution is 7.98. The molecule has 0 N–H and O–H groups in total. The third kappa shape index (κ3) is 3.96. The molecule has 1 rings (SSSR count). The second kappa shape index (κ2) is 5.44. The molecule has 0 bridgehead atoms. The van der Waals surface area contributed by atoms with Crippen LogP contribution in [0.2, 0.25) is 0 Å². The first-order chi connectivity index (χ1) is 7.87. The highest BCUT2D eigenvalue weighted by Gasteiger charge is 2.28. The van der Waals surface area contributed by atoms with Gasteiger partial charge < -0.3 is 4.74 Å². The number of carbonyl (C=O) groups is 1. The summed E-state index contributed by atoms with van der Waals surface area (Å²) in [6.45, 7) is 0. The maximum atomic E-state index is 12.2. The maximum absolute atomic E-state index is 12.2. The number of carbonyl (C=O) groups excluding carboxylic acids is 1. The van der Waals surface area contributed by atoms with E-state index >= 15 is 0 Å². The lowest BCUT2D eigenvalue weighted by Crippen LogP contribution is -2.12. The number of ether oxygens (including phenoxy) is 1. The maximum Gasteiger partial charge on any atom is 0.393 e. The van der Waals surface area contributed by atoms with Crippen LogP contribution in [-0.2, 0) is 11.2 Å². The number of thioether (sulfide) groups is 1. The van der Waals surface area contributed by atoms with Crippen molar-refractivity contribution < 1.29 is 22.7 Å². The van der Waals surface area contributed by atoms with Crippen LogP contribution in [-0.4, -0.2) is 25.5 Å². The molecule has 0 heterocycles. The van der Waals surface area contributed by atoms with Crippen molar-refractivity contribution >= 4 is 17.7 Å². The van der Waals surface area contributed by atoms with Gasteiger partial charge in [-0.1, -0.05) is 6.07 Å². The van der Waals surface area contributed by atoms with Crippen LogP contribution in [0.1, 0.15) is 15.9 Å². The second-order valence-electron chi connectivity index (χ2n) is 3.32. The number of halogens is 3. The van der Waals surface area contributed by atoms with E-state index in [4.69, 9.17) is 0 Å². The summed E-state index contributed by atoms with van der Waals surface area (Å²) in [6.07, 6.45) is -3.59. The molecular formula is C11H11F3O2S. The van der Waals surface area contributed by atoms with Crippen LogP contribution in [0.5, 0.6) is 0 Å². The first-order valence-electron chi connectivity index (χ1n) is 4.69. The van der Waals surface area contributed by atoms with Crippen molar-refractivity contribution in [2.75, 3.05) is 13.4 Å². The Labute approximate surface area is 101 Å². The Morgan fingerprint density at radius 1 is 1.41 bits per heavy atom. The summed E-state index contributed by atoms with van der Waals surface area (Å²) in [4.78, 5) is 12.0. The van der Waals surface area contributed by atoms with Crippen LogP contribution in [0.25, 0.3) is 0 Å². The van der Waals surface area contributed by atoms with Gasteiger partial charge in [0.2, 0.25) is 0 Å². The van der Waals surface area contributed by atoms with Crippen molar-refractivity contribution in [3.05, 3.63) is 29.3 Å². The average Bonchev–Trinajstić information content (AvgIpc) is 2.25. The van der Waals surface area contributed by atoms with E-state index in [2.05, 4.69) is 4.74 Å². The lowest BCUT2D eigenvalue weighted by atomic mass is 10.1. The molecule has 2 nitrogen and oxygen atoms in total. The lowest BCUT2D eigenvalue weighted by Gasteiger charge is -2.10. The quantitative estimate of drug-likeness (QED) is 0.619. The van der Waals surface area contributed by atoms with Crippen molar-refractivity contribution in [3.8, 4) is 0 Å². The SMILES string of the molecule is COC(=O)c1cc(CC(F)(F)F)ccc1SC. The van der Waals surface area contributed by atoms with Crippen LogP contribution in [0.3, 0.4) is 0 Å². The molecule has 0 atom stereocenters. The first-order valence-corrected chi connectivity index (χ1v) is 5.92. The molecule has 0 amide bonds. The van der Waals surface area contributed by atoms with E-state index in [1.807, 2.05) is 0 Å². The third-order valence-corrected chi connectivity index (χ3v) is 2.87. The Morgan fingerprint density at radius 2 is 2.06 bits per heavy atom. The molecule has 6 heteroatoms. The van der Waals surface area contributed by atoms with Crippen LogP contribution in [0.4, 0.5) is 13.2 Å². The summed E-state index contributed by atoms with van der Waals surface area (Å²) in [7, 11) is 1.20. The Kier molecular flexibility index (Phi) is 4.45. The highest BCUT2D eigenvalue weighted by Crippen LogP contribution is 2.26. The fraction of sp³-hybridized carbons (Fsp3) is 0.364. The van der Waals surface area contributed by atoms with E-state index in [1.54, 1.807) is 6.26 Å². The normalized spacial score (nSPS) is 11.4. The van der Waals surface area contributed by atoms with Crippen molar-refractivity contribution in [1.82, 2.24) is 0 Å². The van der Waals surface area contributed by atoms with Crippen LogP contribution >= 0.6 is 11.8 Å². The van der Waals surface area contributed by atoms with Crippen molar-refractivity contribution in [1.29, 1.82) is 0 Å². The van der Waals surface area contributed by atoms with Crippen LogP contribution in [0, 0.1) is 0 Å². The third-order valence-electron chi connectivity index (χ3n) is 2.07. The van der Waals surface area contributed by atoms with Gasteiger partial charge in [0.05, 0.1) is 19.1 Å². The summed E-state index contributed by atoms with van der Waals surface area (Å²) in [6, 6.07) is 4.09. The molecule has 0 aromatic heterocycles. The number of alkyl halides is 3. The van der Waals surface area contributed by atoms with Crippen molar-refractivity contribution in [2.24, 2.45) is 0 Å². The molecule has 0 aliphatic heterocycles. The minimum absolute atomic E-state index is 0.0516. The fourth-order valence-corrected chi connectivity index (χ4v) is 1.93. The summed E-state index contributed by atoms with van der Waals surface area (Å²) >= 11 is 1.28. The molecule has 0 spiro atoms. The Morgan fingerprint density at radius 3 is 2.53 bits per heavy atom. The van der Waals surface area contributed by atoms with E-state index in [9.17, 15) is 18.0 Å². The summed E-state index contributed by atoms with van der Waals surface area (Å²) in [5.74, 6) is -0.627. The predicted molar refractivity (Wildman–Crippen MR) is 59.3 cm³/mol. The van der Waals surface area contributed by atoms with E-state index in [1.165, 1.54) is 37.1 Å². The van der Waals surface area contributed by atoms with E-state index in [0.717, 1.165) is 0 Å². The van der Waals surface area contributed by atoms with Crippen molar-refractivity contribution in [3.63, 3.8) is 0 Å². The molecule has 1 aromatic carbocycles. The van der Waals surface area contributed by atoms with Gasteiger partial charge in [-0.05, 0) is 24.0 Å². The van der Waals surface area contributed by atoms with Crippen molar-refractivity contribution in [2.45, 2.75) is 17.5 Å². The fourth-order valence-electron chi connectivity index (χ4n) is 1.37. The van der Waals surface area contributed by atoms with Gasteiger partial charge in [0.1, 0.15) is 0 Å². The zero-order valence-corrected chi connectivity index (χ0v) is 10.1. The monoisotopic (exact) mass is 264 g/mol. The highest BCUT2D eigenvalue weighted by atomic mass is 32.2. The molecule has 0 radical (unpaired) electrons. The van der Waals surface area contributed by atoms with Gasteiger partial charge in [-0.2, -0.15) is 13.2 Å². The van der Waals surface area contributed by atoms with Crippen LogP contribution in [0.15, 0.2) is 23.1 Å². The molecule has 0 aliphatic rings. The minimum atomic E-state index is -4.28. The molecule has 0 unspecified atom stereocenters. The summed E-state index contributed by atoms with van der Waals surface area (Å²) in [5, 5.41) is 0. The number of benzene rings is 1. The van der Waals surface area contributed by atoms with Gasteiger partial charge >= 0.3 is 12.1 Å². The standard InChI is InChI=1S/C11H11F3O2S/c1-16-10(15)8-5-7(6-11(12,13)14)3-4-9(8)17-2/h3-5H,6H2,1-2H3. The minimum Gasteiger partial charge on any atom is -0.465 e.